The minimum Gasteiger partial charge on any atom is -0.351 e. The van der Waals surface area contributed by atoms with Crippen molar-refractivity contribution in [2.24, 2.45) is 0 Å². The van der Waals surface area contributed by atoms with Crippen LogP contribution < -0.4 is 5.32 Å². The predicted molar refractivity (Wildman–Crippen MR) is 82.6 cm³/mol. The first-order chi connectivity index (χ1) is 10.7. The molecule has 1 N–H and O–H groups in total. The van der Waals surface area contributed by atoms with Gasteiger partial charge in [0.15, 0.2) is 0 Å². The number of nitrogens with one attached hydrogen (secondary N) is 1. The van der Waals surface area contributed by atoms with Crippen LogP contribution in [0.3, 0.4) is 0 Å². The van der Waals surface area contributed by atoms with Crippen molar-refractivity contribution < 1.29 is 9.18 Å². The largest absolute Gasteiger partial charge is 0.351 e. The van der Waals surface area contributed by atoms with Gasteiger partial charge in [0.25, 0.3) is 0 Å². The molecular formula is C18H19FN2O. The Kier molecular flexibility index (Phi) is 4.18. The number of carbonyl (C=O) groups excluding carboxylic acids is 1. The molecule has 1 aromatic carbocycles. The van der Waals surface area contributed by atoms with Crippen LogP contribution >= 0.6 is 0 Å². The average Bonchev–Trinajstić information content (AvgIpc) is 3.05. The van der Waals surface area contributed by atoms with Gasteiger partial charge in [0, 0.05) is 18.9 Å². The molecule has 3 nitrogen and oxygen atoms in total. The molecule has 22 heavy (non-hydrogen) atoms. The highest BCUT2D eigenvalue weighted by atomic mass is 19.1. The number of aromatic nitrogens is 1. The number of rotatable bonds is 4. The van der Waals surface area contributed by atoms with Crippen molar-refractivity contribution in [1.29, 1.82) is 0 Å². The molecular weight excluding hydrogens is 279 g/mol. The molecule has 0 atom stereocenters. The fourth-order valence-electron chi connectivity index (χ4n) is 3.26. The summed E-state index contributed by atoms with van der Waals surface area (Å²) in [5, 5.41) is 3.01. The highest BCUT2D eigenvalue weighted by Gasteiger charge is 2.42. The average molecular weight is 298 g/mol. The van der Waals surface area contributed by atoms with Crippen LogP contribution in [0.25, 0.3) is 0 Å². The van der Waals surface area contributed by atoms with E-state index >= 15 is 0 Å². The Bertz CT molecular complexity index is 651. The number of pyridine rings is 1. The van der Waals surface area contributed by atoms with Gasteiger partial charge >= 0.3 is 0 Å². The van der Waals surface area contributed by atoms with Crippen molar-refractivity contribution in [1.82, 2.24) is 10.3 Å². The van der Waals surface area contributed by atoms with Crippen LogP contribution in [0.4, 0.5) is 4.39 Å². The Hall–Kier alpha value is -2.23. The van der Waals surface area contributed by atoms with Gasteiger partial charge in [-0.1, -0.05) is 25.0 Å². The van der Waals surface area contributed by atoms with Crippen LogP contribution in [0.15, 0.2) is 48.8 Å². The van der Waals surface area contributed by atoms with Gasteiger partial charge in [0.2, 0.25) is 5.91 Å². The van der Waals surface area contributed by atoms with E-state index in [1.165, 1.54) is 12.1 Å². The van der Waals surface area contributed by atoms with E-state index in [9.17, 15) is 9.18 Å². The molecule has 2 aromatic rings. The zero-order valence-corrected chi connectivity index (χ0v) is 12.4. The van der Waals surface area contributed by atoms with E-state index in [0.717, 1.165) is 36.8 Å². The lowest BCUT2D eigenvalue weighted by Gasteiger charge is -2.28. The van der Waals surface area contributed by atoms with Crippen LogP contribution in [-0.2, 0) is 16.8 Å². The zero-order valence-electron chi connectivity index (χ0n) is 12.4. The summed E-state index contributed by atoms with van der Waals surface area (Å²) in [5.41, 5.74) is 1.21. The quantitative estimate of drug-likeness (QED) is 0.940. The molecule has 3 rings (SSSR count). The SMILES string of the molecule is O=C(NCc1ccncc1)C1(c2cccc(F)c2)CCCC1. The molecule has 1 aliphatic rings. The summed E-state index contributed by atoms with van der Waals surface area (Å²) in [6, 6.07) is 10.2. The van der Waals surface area contributed by atoms with Gasteiger partial charge in [0.1, 0.15) is 5.82 Å². The van der Waals surface area contributed by atoms with Crippen molar-refractivity contribution in [2.45, 2.75) is 37.6 Å². The second-order valence-corrected chi connectivity index (χ2v) is 5.84. The summed E-state index contributed by atoms with van der Waals surface area (Å²) in [6.45, 7) is 0.471. The van der Waals surface area contributed by atoms with Gasteiger partial charge in [-0.25, -0.2) is 4.39 Å². The molecule has 1 saturated carbocycles. The topological polar surface area (TPSA) is 42.0 Å². The van der Waals surface area contributed by atoms with E-state index in [1.54, 1.807) is 18.5 Å². The molecule has 1 heterocycles. The summed E-state index contributed by atoms with van der Waals surface area (Å²) < 4.78 is 13.6. The first-order valence-corrected chi connectivity index (χ1v) is 7.64. The Morgan fingerprint density at radius 2 is 1.91 bits per heavy atom. The molecule has 0 saturated heterocycles. The van der Waals surface area contributed by atoms with Gasteiger partial charge in [-0.05, 0) is 48.2 Å². The summed E-state index contributed by atoms with van der Waals surface area (Å²) in [7, 11) is 0. The van der Waals surface area contributed by atoms with Gasteiger partial charge in [-0.2, -0.15) is 0 Å². The Balaban J connectivity index is 1.80. The van der Waals surface area contributed by atoms with Crippen LogP contribution in [0, 0.1) is 5.82 Å². The van der Waals surface area contributed by atoms with Crippen LogP contribution in [0.5, 0.6) is 0 Å². The molecule has 1 fully saturated rings. The number of hydrogen-bond donors (Lipinski definition) is 1. The molecule has 1 aromatic heterocycles. The lowest BCUT2D eigenvalue weighted by Crippen LogP contribution is -2.42. The van der Waals surface area contributed by atoms with Crippen molar-refractivity contribution in [3.05, 3.63) is 65.7 Å². The molecule has 0 bridgehead atoms. The number of nitrogens with zero attached hydrogens (tertiary/aromatic N) is 1. The molecule has 0 aliphatic heterocycles. The molecule has 1 amide bonds. The van der Waals surface area contributed by atoms with Gasteiger partial charge in [0.05, 0.1) is 5.41 Å². The van der Waals surface area contributed by atoms with Gasteiger partial charge in [-0.3, -0.25) is 9.78 Å². The fraction of sp³-hybridized carbons (Fsp3) is 0.333. The van der Waals surface area contributed by atoms with E-state index in [1.807, 2.05) is 18.2 Å². The van der Waals surface area contributed by atoms with Crippen LogP contribution in [0.1, 0.15) is 36.8 Å². The standard InChI is InChI=1S/C18H19FN2O/c19-16-5-3-4-15(12-16)18(8-1-2-9-18)17(22)21-13-14-6-10-20-11-7-14/h3-7,10-12H,1-2,8-9,13H2,(H,21,22). The number of carbonyl (C=O) groups is 1. The summed E-state index contributed by atoms with van der Waals surface area (Å²) in [5.74, 6) is -0.293. The van der Waals surface area contributed by atoms with Crippen LogP contribution in [0.2, 0.25) is 0 Å². The maximum atomic E-state index is 13.6. The van der Waals surface area contributed by atoms with Crippen molar-refractivity contribution in [3.63, 3.8) is 0 Å². The molecule has 114 valence electrons. The first kappa shape index (κ1) is 14.7. The third-order valence-electron chi connectivity index (χ3n) is 4.47. The van der Waals surface area contributed by atoms with Gasteiger partial charge < -0.3 is 5.32 Å². The summed E-state index contributed by atoms with van der Waals surface area (Å²) >= 11 is 0. The molecule has 1 aliphatic carbocycles. The lowest BCUT2D eigenvalue weighted by atomic mass is 9.78. The van der Waals surface area contributed by atoms with Crippen LogP contribution in [-0.4, -0.2) is 10.9 Å². The van der Waals surface area contributed by atoms with E-state index < -0.39 is 5.41 Å². The Labute approximate surface area is 129 Å². The normalized spacial score (nSPS) is 16.4. The van der Waals surface area contributed by atoms with Crippen molar-refractivity contribution in [2.75, 3.05) is 0 Å². The Morgan fingerprint density at radius 3 is 2.59 bits per heavy atom. The third kappa shape index (κ3) is 2.86. The fourth-order valence-corrected chi connectivity index (χ4v) is 3.26. The lowest BCUT2D eigenvalue weighted by molar-refractivity contribution is -0.126. The molecule has 4 heteroatoms. The van der Waals surface area contributed by atoms with E-state index in [0.29, 0.717) is 6.54 Å². The first-order valence-electron chi connectivity index (χ1n) is 7.64. The predicted octanol–water partition coefficient (Wildman–Crippen LogP) is 3.35. The maximum Gasteiger partial charge on any atom is 0.230 e. The van der Waals surface area contributed by atoms with E-state index in [2.05, 4.69) is 10.3 Å². The summed E-state index contributed by atoms with van der Waals surface area (Å²) in [4.78, 5) is 16.8. The number of benzene rings is 1. The number of halogens is 1. The van der Waals surface area contributed by atoms with Gasteiger partial charge in [-0.15, -0.1) is 0 Å². The van der Waals surface area contributed by atoms with Crippen molar-refractivity contribution >= 4 is 5.91 Å². The van der Waals surface area contributed by atoms with E-state index in [4.69, 9.17) is 0 Å². The van der Waals surface area contributed by atoms with Crippen molar-refractivity contribution in [3.8, 4) is 0 Å². The second kappa shape index (κ2) is 6.26. The monoisotopic (exact) mass is 298 g/mol. The highest BCUT2D eigenvalue weighted by Crippen LogP contribution is 2.41. The summed E-state index contributed by atoms with van der Waals surface area (Å²) in [6.07, 6.45) is 6.97. The third-order valence-corrected chi connectivity index (χ3v) is 4.47. The highest BCUT2D eigenvalue weighted by molar-refractivity contribution is 5.88. The molecule has 0 unspecified atom stereocenters. The minimum absolute atomic E-state index is 0.00703. The number of hydrogen-bond acceptors (Lipinski definition) is 2. The minimum atomic E-state index is -0.588. The smallest absolute Gasteiger partial charge is 0.230 e. The second-order valence-electron chi connectivity index (χ2n) is 5.84. The number of amides is 1. The molecule has 0 radical (unpaired) electrons. The maximum absolute atomic E-state index is 13.6. The zero-order chi connectivity index (χ0) is 15.4. The Morgan fingerprint density at radius 1 is 1.18 bits per heavy atom. The molecule has 0 spiro atoms. The van der Waals surface area contributed by atoms with E-state index in [-0.39, 0.29) is 11.7 Å².